The number of alkyl carbamates (subject to hydrolysis) is 1. The molecule has 32 heavy (non-hydrogen) atoms. The minimum absolute atomic E-state index is 0.0195. The molecule has 0 saturated heterocycles. The number of nitrogens with one attached hydrogen (secondary N) is 2. The maximum atomic E-state index is 13.1. The molecule has 2 aromatic rings. The number of hydrogen-bond acceptors (Lipinski definition) is 5. The largest absolute Gasteiger partial charge is 0.489 e. The van der Waals surface area contributed by atoms with Gasteiger partial charge in [0.2, 0.25) is 0 Å². The first kappa shape index (κ1) is 24.1. The maximum Gasteiger partial charge on any atom is 0.407 e. The van der Waals surface area contributed by atoms with Gasteiger partial charge in [0, 0.05) is 17.6 Å². The molecule has 1 aliphatic rings. The van der Waals surface area contributed by atoms with Crippen molar-refractivity contribution in [3.8, 4) is 5.75 Å². The van der Waals surface area contributed by atoms with Gasteiger partial charge in [0.1, 0.15) is 11.4 Å². The molecule has 9 heteroatoms. The summed E-state index contributed by atoms with van der Waals surface area (Å²) >= 11 is 3.45. The minimum atomic E-state index is -0.537. The monoisotopic (exact) mass is 506 g/mol. The van der Waals surface area contributed by atoms with Crippen LogP contribution in [0.3, 0.4) is 0 Å². The summed E-state index contributed by atoms with van der Waals surface area (Å²) in [5.74, 6) is 0.569. The van der Waals surface area contributed by atoms with Crippen molar-refractivity contribution in [1.82, 2.24) is 15.1 Å². The molecule has 0 radical (unpaired) electrons. The quantitative estimate of drug-likeness (QED) is 0.588. The Labute approximate surface area is 197 Å². The second-order valence-electron chi connectivity index (χ2n) is 9.23. The molecule has 0 saturated carbocycles. The predicted octanol–water partition coefficient (Wildman–Crippen LogP) is 4.77. The van der Waals surface area contributed by atoms with Crippen molar-refractivity contribution in [1.29, 1.82) is 0 Å². The third-order valence-electron chi connectivity index (χ3n) is 4.91. The van der Waals surface area contributed by atoms with Crippen molar-refractivity contribution >= 4 is 33.6 Å². The van der Waals surface area contributed by atoms with E-state index < -0.39 is 11.7 Å². The van der Waals surface area contributed by atoms with Gasteiger partial charge in [-0.3, -0.25) is 9.48 Å². The van der Waals surface area contributed by atoms with E-state index in [0.29, 0.717) is 36.5 Å². The lowest BCUT2D eigenvalue weighted by atomic mass is 9.94. The number of amides is 2. The lowest BCUT2D eigenvalue weighted by molar-refractivity contribution is 0.0516. The third-order valence-corrected chi connectivity index (χ3v) is 5.40. The number of anilines is 1. The van der Waals surface area contributed by atoms with Gasteiger partial charge in [-0.25, -0.2) is 4.79 Å². The van der Waals surface area contributed by atoms with E-state index in [9.17, 15) is 9.59 Å². The molecule has 0 bridgehead atoms. The Bertz CT molecular complexity index is 981. The van der Waals surface area contributed by atoms with Crippen LogP contribution >= 0.6 is 15.9 Å². The van der Waals surface area contributed by atoms with Crippen molar-refractivity contribution in [3.63, 3.8) is 0 Å². The average Bonchev–Trinajstić information content (AvgIpc) is 3.10. The predicted molar refractivity (Wildman–Crippen MR) is 126 cm³/mol. The molecule has 1 atom stereocenters. The van der Waals surface area contributed by atoms with Crippen molar-refractivity contribution in [3.05, 3.63) is 40.1 Å². The smallest absolute Gasteiger partial charge is 0.407 e. The Kier molecular flexibility index (Phi) is 7.48. The van der Waals surface area contributed by atoms with Crippen molar-refractivity contribution in [2.24, 2.45) is 5.92 Å². The van der Waals surface area contributed by atoms with Crippen LogP contribution in [0.4, 0.5) is 10.5 Å². The van der Waals surface area contributed by atoms with Crippen molar-refractivity contribution in [2.45, 2.75) is 65.7 Å². The number of carbonyl (C=O) groups excluding carboxylic acids is 2. The zero-order valence-corrected chi connectivity index (χ0v) is 20.8. The fourth-order valence-corrected chi connectivity index (χ4v) is 3.91. The summed E-state index contributed by atoms with van der Waals surface area (Å²) in [5, 5.41) is 10.2. The molecule has 2 N–H and O–H groups in total. The molecule has 1 aromatic heterocycles. The molecule has 0 fully saturated rings. The highest BCUT2D eigenvalue weighted by Gasteiger charge is 2.27. The summed E-state index contributed by atoms with van der Waals surface area (Å²) in [7, 11) is 0. The lowest BCUT2D eigenvalue weighted by Gasteiger charge is -2.25. The first-order valence-electron chi connectivity index (χ1n) is 10.8. The number of ether oxygens (including phenoxy) is 2. The van der Waals surface area contributed by atoms with Crippen LogP contribution in [-0.2, 0) is 17.7 Å². The molecular weight excluding hydrogens is 476 g/mol. The number of aromatic nitrogens is 2. The molecule has 1 unspecified atom stereocenters. The number of aryl methyl sites for hydroxylation is 1. The Balaban J connectivity index is 1.68. The van der Waals surface area contributed by atoms with Crippen LogP contribution in [0.1, 0.15) is 57.1 Å². The highest BCUT2D eigenvalue weighted by molar-refractivity contribution is 9.10. The standard InChI is InChI=1S/C23H31BrN4O4/c1-14(2)31-20-7-6-16(24)11-18(20)27-21(29)17-13-26-28-9-8-15(10-19(17)28)12-25-22(30)32-23(3,4)5/h6-7,11,13-15H,8-10,12H2,1-5H3,(H,25,30)(H,27,29). The topological polar surface area (TPSA) is 94.5 Å². The van der Waals surface area contributed by atoms with Gasteiger partial charge in [0.25, 0.3) is 5.91 Å². The molecule has 2 heterocycles. The van der Waals surface area contributed by atoms with Crippen LogP contribution in [-0.4, -0.2) is 40.0 Å². The Hall–Kier alpha value is -2.55. The van der Waals surface area contributed by atoms with E-state index >= 15 is 0 Å². The zero-order chi connectivity index (χ0) is 23.5. The molecular formula is C23H31BrN4O4. The number of halogens is 1. The maximum absolute atomic E-state index is 13.1. The Morgan fingerprint density at radius 2 is 2.06 bits per heavy atom. The van der Waals surface area contributed by atoms with E-state index in [1.165, 1.54) is 0 Å². The van der Waals surface area contributed by atoms with Gasteiger partial charge in [0.05, 0.1) is 29.2 Å². The van der Waals surface area contributed by atoms with E-state index in [-0.39, 0.29) is 17.9 Å². The summed E-state index contributed by atoms with van der Waals surface area (Å²) < 4.78 is 13.8. The van der Waals surface area contributed by atoms with Crippen LogP contribution in [0.5, 0.6) is 5.75 Å². The highest BCUT2D eigenvalue weighted by Crippen LogP contribution is 2.30. The fraction of sp³-hybridized carbons (Fsp3) is 0.522. The zero-order valence-electron chi connectivity index (χ0n) is 19.2. The first-order valence-corrected chi connectivity index (χ1v) is 11.6. The van der Waals surface area contributed by atoms with Gasteiger partial charge in [0.15, 0.2) is 0 Å². The molecule has 1 aromatic carbocycles. The van der Waals surface area contributed by atoms with Crippen LogP contribution < -0.4 is 15.4 Å². The Morgan fingerprint density at radius 1 is 1.31 bits per heavy atom. The SMILES string of the molecule is CC(C)Oc1ccc(Br)cc1NC(=O)c1cnn2c1CC(CNC(=O)OC(C)(C)C)CC2. The van der Waals surface area contributed by atoms with Gasteiger partial charge in [-0.05, 0) is 71.6 Å². The number of carbonyl (C=O) groups is 2. The summed E-state index contributed by atoms with van der Waals surface area (Å²) in [6.07, 6.45) is 2.67. The molecule has 8 nitrogen and oxygen atoms in total. The summed E-state index contributed by atoms with van der Waals surface area (Å²) in [4.78, 5) is 25.1. The molecule has 1 aliphatic heterocycles. The van der Waals surface area contributed by atoms with E-state index in [4.69, 9.17) is 9.47 Å². The van der Waals surface area contributed by atoms with E-state index in [2.05, 4.69) is 31.7 Å². The van der Waals surface area contributed by atoms with Crippen LogP contribution in [0.15, 0.2) is 28.9 Å². The molecule has 0 aliphatic carbocycles. The minimum Gasteiger partial charge on any atom is -0.489 e. The second-order valence-corrected chi connectivity index (χ2v) is 10.1. The number of fused-ring (bicyclic) bond motifs is 1. The van der Waals surface area contributed by atoms with Gasteiger partial charge in [-0.2, -0.15) is 5.10 Å². The van der Waals surface area contributed by atoms with E-state index in [1.54, 1.807) is 6.20 Å². The van der Waals surface area contributed by atoms with Crippen LogP contribution in [0.2, 0.25) is 0 Å². The van der Waals surface area contributed by atoms with Gasteiger partial charge in [-0.1, -0.05) is 15.9 Å². The average molecular weight is 507 g/mol. The first-order chi connectivity index (χ1) is 15.0. The van der Waals surface area contributed by atoms with E-state index in [0.717, 1.165) is 16.6 Å². The molecule has 0 spiro atoms. The number of benzene rings is 1. The van der Waals surface area contributed by atoms with Crippen molar-refractivity contribution < 1.29 is 19.1 Å². The van der Waals surface area contributed by atoms with Crippen LogP contribution in [0.25, 0.3) is 0 Å². The number of hydrogen-bond donors (Lipinski definition) is 2. The summed E-state index contributed by atoms with van der Waals surface area (Å²) in [5.41, 5.74) is 1.45. The third kappa shape index (κ3) is 6.48. The molecule has 174 valence electrons. The summed E-state index contributed by atoms with van der Waals surface area (Å²) in [6, 6.07) is 5.52. The molecule has 3 rings (SSSR count). The fourth-order valence-electron chi connectivity index (χ4n) is 3.55. The normalized spacial score (nSPS) is 15.8. The van der Waals surface area contributed by atoms with E-state index in [1.807, 2.05) is 57.5 Å². The summed E-state index contributed by atoms with van der Waals surface area (Å²) in [6.45, 7) is 10.6. The highest BCUT2D eigenvalue weighted by atomic mass is 79.9. The lowest BCUT2D eigenvalue weighted by Crippen LogP contribution is -2.37. The van der Waals surface area contributed by atoms with Crippen LogP contribution in [0, 0.1) is 5.92 Å². The number of rotatable bonds is 6. The molecule has 2 amide bonds. The number of nitrogens with zero attached hydrogens (tertiary/aromatic N) is 2. The second kappa shape index (κ2) is 9.94. The van der Waals surface area contributed by atoms with Crippen molar-refractivity contribution in [2.75, 3.05) is 11.9 Å². The Morgan fingerprint density at radius 3 is 2.75 bits per heavy atom. The van der Waals surface area contributed by atoms with Gasteiger partial charge in [-0.15, -0.1) is 0 Å². The van der Waals surface area contributed by atoms with Gasteiger partial charge >= 0.3 is 6.09 Å². The van der Waals surface area contributed by atoms with Gasteiger partial charge < -0.3 is 20.1 Å².